The van der Waals surface area contributed by atoms with Crippen molar-refractivity contribution in [2.24, 2.45) is 10.7 Å². The molecule has 19 heavy (non-hydrogen) atoms. The molecule has 2 heterocycles. The lowest BCUT2D eigenvalue weighted by molar-refractivity contribution is 0.718. The van der Waals surface area contributed by atoms with Gasteiger partial charge in [0, 0.05) is 29.4 Å². The van der Waals surface area contributed by atoms with Crippen LogP contribution in [0.5, 0.6) is 0 Å². The Labute approximate surface area is 119 Å². The Morgan fingerprint density at radius 1 is 1.68 bits per heavy atom. The van der Waals surface area contributed by atoms with Crippen LogP contribution in [0.15, 0.2) is 27.4 Å². The first-order valence-corrected chi connectivity index (χ1v) is 7.88. The molecular weight excluding hydrogens is 280 g/mol. The number of thioether (sulfide) groups is 1. The van der Waals surface area contributed by atoms with Crippen LogP contribution >= 0.6 is 23.1 Å². The summed E-state index contributed by atoms with van der Waals surface area (Å²) in [7, 11) is 0. The van der Waals surface area contributed by atoms with E-state index in [4.69, 9.17) is 5.73 Å². The summed E-state index contributed by atoms with van der Waals surface area (Å²) < 4.78 is 1.54. The van der Waals surface area contributed by atoms with Crippen molar-refractivity contribution in [3.63, 3.8) is 0 Å². The fourth-order valence-corrected chi connectivity index (χ4v) is 2.89. The number of thiazole rings is 1. The van der Waals surface area contributed by atoms with Crippen LogP contribution in [0.2, 0.25) is 0 Å². The van der Waals surface area contributed by atoms with E-state index in [0.29, 0.717) is 15.9 Å². The van der Waals surface area contributed by atoms with E-state index in [0.717, 1.165) is 12.1 Å². The van der Waals surface area contributed by atoms with Gasteiger partial charge in [0.2, 0.25) is 0 Å². The third kappa shape index (κ3) is 3.57. The molecule has 0 saturated carbocycles. The van der Waals surface area contributed by atoms with Crippen LogP contribution in [0.3, 0.4) is 0 Å². The quantitative estimate of drug-likeness (QED) is 0.692. The van der Waals surface area contributed by atoms with Crippen LogP contribution in [-0.2, 0) is 5.75 Å². The highest BCUT2D eigenvalue weighted by Crippen LogP contribution is 2.13. The van der Waals surface area contributed by atoms with Gasteiger partial charge in [-0.15, -0.1) is 11.3 Å². The SMILES string of the molecule is CC[C@@H](C)N=C(N)SCc1cc(=O)n2ccsc2n1. The van der Waals surface area contributed by atoms with Crippen molar-refractivity contribution >= 4 is 33.2 Å². The van der Waals surface area contributed by atoms with E-state index >= 15 is 0 Å². The Morgan fingerprint density at radius 3 is 3.21 bits per heavy atom. The molecule has 5 nitrogen and oxygen atoms in total. The summed E-state index contributed by atoms with van der Waals surface area (Å²) in [5.74, 6) is 0.565. The van der Waals surface area contributed by atoms with E-state index in [2.05, 4.69) is 16.9 Å². The number of nitrogens with zero attached hydrogens (tertiary/aromatic N) is 3. The molecule has 0 bridgehead atoms. The molecule has 2 aromatic rings. The Kier molecular flexibility index (Phi) is 4.60. The van der Waals surface area contributed by atoms with Crippen LogP contribution in [0, 0.1) is 0 Å². The first-order valence-electron chi connectivity index (χ1n) is 6.02. The lowest BCUT2D eigenvalue weighted by Crippen LogP contribution is -2.14. The van der Waals surface area contributed by atoms with Crippen molar-refractivity contribution in [1.29, 1.82) is 0 Å². The second-order valence-electron chi connectivity index (χ2n) is 4.15. The van der Waals surface area contributed by atoms with Crippen molar-refractivity contribution in [3.05, 3.63) is 33.7 Å². The minimum absolute atomic E-state index is 0.0562. The molecule has 0 aliphatic carbocycles. The molecule has 0 unspecified atom stereocenters. The molecule has 1 atom stereocenters. The summed E-state index contributed by atoms with van der Waals surface area (Å²) in [6.45, 7) is 4.09. The summed E-state index contributed by atoms with van der Waals surface area (Å²) in [4.78, 5) is 21.2. The average Bonchev–Trinajstić information content (AvgIpc) is 2.85. The maximum Gasteiger partial charge on any atom is 0.258 e. The Bertz CT molecular complexity index is 646. The molecule has 2 N–H and O–H groups in total. The van der Waals surface area contributed by atoms with Gasteiger partial charge < -0.3 is 5.73 Å². The lowest BCUT2D eigenvalue weighted by Gasteiger charge is -2.05. The van der Waals surface area contributed by atoms with Gasteiger partial charge in [0.1, 0.15) is 0 Å². The molecule has 102 valence electrons. The van der Waals surface area contributed by atoms with Crippen molar-refractivity contribution in [2.75, 3.05) is 0 Å². The molecule has 2 aromatic heterocycles. The highest BCUT2D eigenvalue weighted by atomic mass is 32.2. The van der Waals surface area contributed by atoms with Crippen molar-refractivity contribution in [3.8, 4) is 0 Å². The number of aliphatic imine (C=N–C) groups is 1. The molecule has 0 radical (unpaired) electrons. The first-order chi connectivity index (χ1) is 9.10. The highest BCUT2D eigenvalue weighted by Gasteiger charge is 2.05. The van der Waals surface area contributed by atoms with Crippen LogP contribution in [0.25, 0.3) is 4.96 Å². The van der Waals surface area contributed by atoms with E-state index in [-0.39, 0.29) is 11.6 Å². The number of hydrogen-bond donors (Lipinski definition) is 1. The Balaban J connectivity index is 2.10. The van der Waals surface area contributed by atoms with Crippen molar-refractivity contribution in [1.82, 2.24) is 9.38 Å². The van der Waals surface area contributed by atoms with Crippen LogP contribution < -0.4 is 11.3 Å². The molecule has 2 rings (SSSR count). The number of hydrogen-bond acceptors (Lipinski definition) is 5. The van der Waals surface area contributed by atoms with Gasteiger partial charge in [-0.3, -0.25) is 14.2 Å². The zero-order valence-electron chi connectivity index (χ0n) is 10.9. The second-order valence-corrected chi connectivity index (χ2v) is 6.02. The summed E-state index contributed by atoms with van der Waals surface area (Å²) in [5.41, 5.74) is 6.51. The van der Waals surface area contributed by atoms with Gasteiger partial charge in [-0.2, -0.15) is 0 Å². The van der Waals surface area contributed by atoms with Crippen molar-refractivity contribution in [2.45, 2.75) is 32.1 Å². The smallest absolute Gasteiger partial charge is 0.258 e. The average molecular weight is 296 g/mol. The number of aromatic nitrogens is 2. The van der Waals surface area contributed by atoms with Gasteiger partial charge in [-0.05, 0) is 13.3 Å². The molecule has 0 amide bonds. The van der Waals surface area contributed by atoms with E-state index in [9.17, 15) is 4.79 Å². The normalized spacial score (nSPS) is 13.9. The predicted octanol–water partition coefficient (Wildman–Crippen LogP) is 2.10. The number of rotatable bonds is 4. The monoisotopic (exact) mass is 296 g/mol. The molecule has 7 heteroatoms. The predicted molar refractivity (Wildman–Crippen MR) is 82.0 cm³/mol. The van der Waals surface area contributed by atoms with Gasteiger partial charge >= 0.3 is 0 Å². The summed E-state index contributed by atoms with van der Waals surface area (Å²) >= 11 is 2.86. The third-order valence-corrected chi connectivity index (χ3v) is 4.26. The largest absolute Gasteiger partial charge is 0.379 e. The van der Waals surface area contributed by atoms with Gasteiger partial charge in [0.05, 0.1) is 5.69 Å². The molecule has 0 spiro atoms. The second kappa shape index (κ2) is 6.21. The fourth-order valence-electron chi connectivity index (χ4n) is 1.46. The van der Waals surface area contributed by atoms with E-state index in [1.165, 1.54) is 27.5 Å². The van der Waals surface area contributed by atoms with Crippen LogP contribution in [0.1, 0.15) is 26.0 Å². The fraction of sp³-hybridized carbons (Fsp3) is 0.417. The van der Waals surface area contributed by atoms with Gasteiger partial charge in [0.15, 0.2) is 10.1 Å². The van der Waals surface area contributed by atoms with Crippen LogP contribution in [0.4, 0.5) is 0 Å². The number of fused-ring (bicyclic) bond motifs is 1. The maximum atomic E-state index is 11.8. The summed E-state index contributed by atoms with van der Waals surface area (Å²) in [5, 5.41) is 2.39. The molecule has 0 fully saturated rings. The molecule has 0 aromatic carbocycles. The van der Waals surface area contributed by atoms with Gasteiger partial charge in [-0.1, -0.05) is 18.7 Å². The Morgan fingerprint density at radius 2 is 2.47 bits per heavy atom. The van der Waals surface area contributed by atoms with E-state index in [1.54, 1.807) is 12.3 Å². The summed E-state index contributed by atoms with van der Waals surface area (Å²) in [6.07, 6.45) is 2.69. The maximum absolute atomic E-state index is 11.8. The van der Waals surface area contributed by atoms with E-state index < -0.39 is 0 Å². The first kappa shape index (κ1) is 14.1. The van der Waals surface area contributed by atoms with Crippen molar-refractivity contribution < 1.29 is 0 Å². The number of amidine groups is 1. The molecule has 0 aliphatic rings. The van der Waals surface area contributed by atoms with Gasteiger partial charge in [0.25, 0.3) is 5.56 Å². The zero-order valence-corrected chi connectivity index (χ0v) is 12.5. The van der Waals surface area contributed by atoms with Crippen LogP contribution in [-0.4, -0.2) is 20.6 Å². The topological polar surface area (TPSA) is 72.8 Å². The third-order valence-electron chi connectivity index (χ3n) is 2.66. The number of nitrogens with two attached hydrogens (primary N) is 1. The molecule has 0 aliphatic heterocycles. The minimum atomic E-state index is -0.0562. The minimum Gasteiger partial charge on any atom is -0.379 e. The highest BCUT2D eigenvalue weighted by molar-refractivity contribution is 8.13. The summed E-state index contributed by atoms with van der Waals surface area (Å²) in [6, 6.07) is 1.77. The molecular formula is C12H16N4OS2. The van der Waals surface area contributed by atoms with Gasteiger partial charge in [-0.25, -0.2) is 4.98 Å². The lowest BCUT2D eigenvalue weighted by atomic mass is 10.3. The standard InChI is InChI=1S/C12H16N4OS2/c1-3-8(2)14-11(13)19-7-9-6-10(17)16-4-5-18-12(16)15-9/h4-6,8H,3,7H2,1-2H3,(H2,13,14)/t8-/m1/s1. The Hall–Kier alpha value is -1.34. The molecule has 0 saturated heterocycles. The van der Waals surface area contributed by atoms with E-state index in [1.807, 2.05) is 12.3 Å². The zero-order chi connectivity index (χ0) is 13.8.